The maximum atomic E-state index is 13.7. The minimum Gasteiger partial charge on any atom is -0.488 e. The highest BCUT2D eigenvalue weighted by Gasteiger charge is 2.27. The van der Waals surface area contributed by atoms with Gasteiger partial charge in [-0.15, -0.1) is 0 Å². The summed E-state index contributed by atoms with van der Waals surface area (Å²) >= 11 is 5.72. The second kappa shape index (κ2) is 6.95. The Morgan fingerprint density at radius 3 is 2.76 bits per heavy atom. The Balaban J connectivity index is 1.77. The van der Waals surface area contributed by atoms with Crippen LogP contribution in [-0.4, -0.2) is 30.9 Å². The van der Waals surface area contributed by atoms with Crippen LogP contribution in [0.4, 0.5) is 4.39 Å². The molecule has 1 aliphatic heterocycles. The zero-order chi connectivity index (χ0) is 15.5. The van der Waals surface area contributed by atoms with Crippen LogP contribution in [-0.2, 0) is 4.74 Å². The average molecular weight is 316 g/mol. The van der Waals surface area contributed by atoms with Crippen LogP contribution in [0.3, 0.4) is 0 Å². The van der Waals surface area contributed by atoms with Crippen LogP contribution in [0, 0.1) is 5.82 Å². The van der Waals surface area contributed by atoms with Crippen molar-refractivity contribution >= 4 is 11.6 Å². The molecule has 1 aromatic rings. The Morgan fingerprint density at radius 1 is 1.33 bits per heavy atom. The quantitative estimate of drug-likeness (QED) is 0.896. The van der Waals surface area contributed by atoms with Gasteiger partial charge in [0.05, 0.1) is 17.2 Å². The summed E-state index contributed by atoms with van der Waals surface area (Å²) in [6, 6.07) is 4.76. The third-order valence-corrected chi connectivity index (χ3v) is 3.69. The van der Waals surface area contributed by atoms with Crippen molar-refractivity contribution in [3.05, 3.63) is 29.0 Å². The van der Waals surface area contributed by atoms with E-state index < -0.39 is 5.82 Å². The third-order valence-electron chi connectivity index (χ3n) is 3.40. The second-order valence-electron chi connectivity index (χ2n) is 6.45. The number of halogens is 2. The van der Waals surface area contributed by atoms with E-state index in [2.05, 4.69) is 26.1 Å². The SMILES string of the molecule is CC(C)(C)NCC1CCC(COc2cccc(Cl)c2F)O1. The van der Waals surface area contributed by atoms with Crippen molar-refractivity contribution < 1.29 is 13.9 Å². The van der Waals surface area contributed by atoms with Crippen molar-refractivity contribution in [2.75, 3.05) is 13.2 Å². The molecule has 118 valence electrons. The predicted octanol–water partition coefficient (Wildman–Crippen LogP) is 3.79. The molecule has 0 saturated carbocycles. The molecule has 0 amide bonds. The van der Waals surface area contributed by atoms with E-state index >= 15 is 0 Å². The summed E-state index contributed by atoms with van der Waals surface area (Å²) in [7, 11) is 0. The van der Waals surface area contributed by atoms with Gasteiger partial charge >= 0.3 is 0 Å². The highest BCUT2D eigenvalue weighted by Crippen LogP contribution is 2.26. The van der Waals surface area contributed by atoms with E-state index in [1.807, 2.05) is 0 Å². The molecule has 0 aromatic heterocycles. The van der Waals surface area contributed by atoms with Crippen molar-refractivity contribution in [1.82, 2.24) is 5.32 Å². The predicted molar refractivity (Wildman–Crippen MR) is 82.6 cm³/mol. The zero-order valence-corrected chi connectivity index (χ0v) is 13.5. The number of hydrogen-bond acceptors (Lipinski definition) is 3. The lowest BCUT2D eigenvalue weighted by atomic mass is 10.1. The maximum Gasteiger partial charge on any atom is 0.183 e. The first-order valence-corrected chi connectivity index (χ1v) is 7.70. The summed E-state index contributed by atoms with van der Waals surface area (Å²) in [4.78, 5) is 0. The van der Waals surface area contributed by atoms with E-state index in [1.54, 1.807) is 12.1 Å². The van der Waals surface area contributed by atoms with Crippen LogP contribution in [0.5, 0.6) is 5.75 Å². The van der Waals surface area contributed by atoms with E-state index in [1.165, 1.54) is 6.07 Å². The molecule has 3 nitrogen and oxygen atoms in total. The molecular formula is C16H23ClFNO2. The Hall–Kier alpha value is -0.840. The lowest BCUT2D eigenvalue weighted by molar-refractivity contribution is 0.0154. The third kappa shape index (κ3) is 5.13. The number of rotatable bonds is 5. The van der Waals surface area contributed by atoms with Gasteiger partial charge in [-0.25, -0.2) is 4.39 Å². The minimum atomic E-state index is -0.511. The van der Waals surface area contributed by atoms with Gasteiger partial charge in [-0.05, 0) is 45.7 Å². The molecule has 2 atom stereocenters. The van der Waals surface area contributed by atoms with Gasteiger partial charge in [0.15, 0.2) is 11.6 Å². The summed E-state index contributed by atoms with van der Waals surface area (Å²) in [5.41, 5.74) is 0.0852. The van der Waals surface area contributed by atoms with Crippen molar-refractivity contribution in [2.24, 2.45) is 0 Å². The Kier molecular flexibility index (Phi) is 5.47. The molecule has 1 fully saturated rings. The van der Waals surface area contributed by atoms with Crippen LogP contribution < -0.4 is 10.1 Å². The van der Waals surface area contributed by atoms with E-state index in [4.69, 9.17) is 21.1 Å². The van der Waals surface area contributed by atoms with Gasteiger partial charge in [0.1, 0.15) is 6.61 Å². The summed E-state index contributed by atoms with van der Waals surface area (Å²) in [6.45, 7) is 7.56. The second-order valence-corrected chi connectivity index (χ2v) is 6.86. The number of benzene rings is 1. The molecular weight excluding hydrogens is 293 g/mol. The molecule has 5 heteroatoms. The number of hydrogen-bond donors (Lipinski definition) is 1. The largest absolute Gasteiger partial charge is 0.488 e. The minimum absolute atomic E-state index is 0.00940. The standard InChI is InChI=1S/C16H23ClFNO2/c1-16(2,3)19-9-11-7-8-12(21-11)10-20-14-6-4-5-13(17)15(14)18/h4-6,11-12,19H,7-10H2,1-3H3. The van der Waals surface area contributed by atoms with Gasteiger partial charge in [0, 0.05) is 12.1 Å². The van der Waals surface area contributed by atoms with Crippen LogP contribution in [0.15, 0.2) is 18.2 Å². The van der Waals surface area contributed by atoms with Crippen LogP contribution in [0.25, 0.3) is 0 Å². The number of ether oxygens (including phenoxy) is 2. The highest BCUT2D eigenvalue weighted by atomic mass is 35.5. The van der Waals surface area contributed by atoms with E-state index in [0.29, 0.717) is 6.61 Å². The van der Waals surface area contributed by atoms with Crippen molar-refractivity contribution in [2.45, 2.75) is 51.4 Å². The van der Waals surface area contributed by atoms with Gasteiger partial charge in [-0.1, -0.05) is 17.7 Å². The van der Waals surface area contributed by atoms with Gasteiger partial charge in [0.25, 0.3) is 0 Å². The molecule has 0 aliphatic carbocycles. The fraction of sp³-hybridized carbons (Fsp3) is 0.625. The topological polar surface area (TPSA) is 30.5 Å². The van der Waals surface area contributed by atoms with Crippen LogP contribution >= 0.6 is 11.6 Å². The van der Waals surface area contributed by atoms with Gasteiger partial charge in [-0.3, -0.25) is 0 Å². The summed E-state index contributed by atoms with van der Waals surface area (Å²) < 4.78 is 25.1. The van der Waals surface area contributed by atoms with Crippen molar-refractivity contribution in [3.8, 4) is 5.75 Å². The van der Waals surface area contributed by atoms with Crippen LogP contribution in [0.1, 0.15) is 33.6 Å². The monoisotopic (exact) mass is 315 g/mol. The number of nitrogens with one attached hydrogen (secondary N) is 1. The molecule has 1 N–H and O–H groups in total. The molecule has 2 rings (SSSR count). The zero-order valence-electron chi connectivity index (χ0n) is 12.8. The van der Waals surface area contributed by atoms with E-state index in [9.17, 15) is 4.39 Å². The molecule has 1 heterocycles. The first-order chi connectivity index (χ1) is 9.85. The highest BCUT2D eigenvalue weighted by molar-refractivity contribution is 6.30. The Labute approximate surface area is 130 Å². The fourth-order valence-corrected chi connectivity index (χ4v) is 2.42. The molecule has 1 aliphatic rings. The maximum absolute atomic E-state index is 13.7. The molecule has 0 spiro atoms. The Morgan fingerprint density at radius 2 is 2.05 bits per heavy atom. The molecule has 0 bridgehead atoms. The smallest absolute Gasteiger partial charge is 0.183 e. The lowest BCUT2D eigenvalue weighted by Gasteiger charge is -2.23. The first kappa shape index (κ1) is 16.5. The first-order valence-electron chi connectivity index (χ1n) is 7.32. The van der Waals surface area contributed by atoms with Gasteiger partial charge < -0.3 is 14.8 Å². The van der Waals surface area contributed by atoms with Gasteiger partial charge in [-0.2, -0.15) is 0 Å². The van der Waals surface area contributed by atoms with E-state index in [0.717, 1.165) is 19.4 Å². The summed E-state index contributed by atoms with van der Waals surface area (Å²) in [5.74, 6) is -0.328. The summed E-state index contributed by atoms with van der Waals surface area (Å²) in [6.07, 6.45) is 2.13. The Bertz CT molecular complexity index is 476. The van der Waals surface area contributed by atoms with E-state index in [-0.39, 0.29) is 28.5 Å². The van der Waals surface area contributed by atoms with Gasteiger partial charge in [0.2, 0.25) is 0 Å². The molecule has 2 unspecified atom stereocenters. The molecule has 0 radical (unpaired) electrons. The van der Waals surface area contributed by atoms with Crippen molar-refractivity contribution in [3.63, 3.8) is 0 Å². The molecule has 1 aromatic carbocycles. The average Bonchev–Trinajstić information content (AvgIpc) is 2.85. The fourth-order valence-electron chi connectivity index (χ4n) is 2.25. The lowest BCUT2D eigenvalue weighted by Crippen LogP contribution is -2.41. The summed E-state index contributed by atoms with van der Waals surface area (Å²) in [5, 5.41) is 3.51. The normalized spacial score (nSPS) is 22.5. The van der Waals surface area contributed by atoms with Crippen molar-refractivity contribution in [1.29, 1.82) is 0 Å². The molecule has 1 saturated heterocycles. The van der Waals surface area contributed by atoms with Crippen LogP contribution in [0.2, 0.25) is 5.02 Å². The molecule has 21 heavy (non-hydrogen) atoms.